The van der Waals surface area contributed by atoms with Crippen LogP contribution >= 0.6 is 11.5 Å². The molecule has 1 aromatic heterocycles. The van der Waals surface area contributed by atoms with Crippen molar-refractivity contribution in [3.63, 3.8) is 0 Å². The van der Waals surface area contributed by atoms with Crippen LogP contribution in [0, 0.1) is 0 Å². The Balaban J connectivity index is 1.89. The Morgan fingerprint density at radius 2 is 2.45 bits per heavy atom. The monoisotopic (exact) mass is 298 g/mol. The summed E-state index contributed by atoms with van der Waals surface area (Å²) in [7, 11) is 0. The van der Waals surface area contributed by atoms with Gasteiger partial charge in [-0.1, -0.05) is 6.92 Å². The van der Waals surface area contributed by atoms with Gasteiger partial charge in [-0.2, -0.15) is 4.37 Å². The quantitative estimate of drug-likeness (QED) is 0.844. The van der Waals surface area contributed by atoms with Gasteiger partial charge in [0, 0.05) is 37.1 Å². The van der Waals surface area contributed by atoms with Gasteiger partial charge in [-0.15, -0.1) is 0 Å². The molecule has 0 aromatic carbocycles. The lowest BCUT2D eigenvalue weighted by atomic mass is 10.1. The number of carbonyl (C=O) groups is 1. The molecule has 0 radical (unpaired) electrons. The Morgan fingerprint density at radius 3 is 3.20 bits per heavy atom. The molecule has 1 atom stereocenters. The van der Waals surface area contributed by atoms with Gasteiger partial charge in [0.05, 0.1) is 0 Å². The van der Waals surface area contributed by atoms with Crippen LogP contribution in [0.15, 0.2) is 0 Å². The predicted molar refractivity (Wildman–Crippen MR) is 79.0 cm³/mol. The fourth-order valence-electron chi connectivity index (χ4n) is 2.52. The van der Waals surface area contributed by atoms with E-state index in [0.717, 1.165) is 50.9 Å². The summed E-state index contributed by atoms with van der Waals surface area (Å²) >= 11 is 1.24. The summed E-state index contributed by atoms with van der Waals surface area (Å²) in [5, 5.41) is 12.3. The van der Waals surface area contributed by atoms with E-state index in [0.29, 0.717) is 5.13 Å². The number of aryl methyl sites for hydroxylation is 1. The molecule has 1 saturated heterocycles. The Kier molecular flexibility index (Phi) is 5.72. The van der Waals surface area contributed by atoms with E-state index in [-0.39, 0.29) is 18.7 Å². The highest BCUT2D eigenvalue weighted by Gasteiger charge is 2.28. The molecule has 2 N–H and O–H groups in total. The molecule has 1 aromatic rings. The van der Waals surface area contributed by atoms with Gasteiger partial charge in [0.2, 0.25) is 5.13 Å². The molecular weight excluding hydrogens is 276 g/mol. The molecular formula is C13H22N4O2S. The van der Waals surface area contributed by atoms with Crippen molar-refractivity contribution in [1.29, 1.82) is 0 Å². The molecule has 1 unspecified atom stereocenters. The number of hydrogen-bond donors (Lipinski definition) is 2. The molecule has 20 heavy (non-hydrogen) atoms. The molecule has 1 aliphatic rings. The highest BCUT2D eigenvalue weighted by atomic mass is 32.1. The Morgan fingerprint density at radius 1 is 1.60 bits per heavy atom. The number of aromatic nitrogens is 2. The van der Waals surface area contributed by atoms with Crippen molar-refractivity contribution in [2.45, 2.75) is 51.5 Å². The summed E-state index contributed by atoms with van der Waals surface area (Å²) in [4.78, 5) is 18.4. The number of nitrogens with zero attached hydrogens (tertiary/aromatic N) is 3. The highest BCUT2D eigenvalue weighted by Crippen LogP contribution is 2.23. The van der Waals surface area contributed by atoms with E-state index < -0.39 is 0 Å². The lowest BCUT2D eigenvalue weighted by Crippen LogP contribution is -2.38. The van der Waals surface area contributed by atoms with Gasteiger partial charge in [0.1, 0.15) is 5.82 Å². The summed E-state index contributed by atoms with van der Waals surface area (Å²) in [5.74, 6) is 0.797. The molecule has 0 saturated carbocycles. The molecule has 1 fully saturated rings. The minimum Gasteiger partial charge on any atom is -0.396 e. The number of hydrogen-bond acceptors (Lipinski definition) is 5. The third-order valence-corrected chi connectivity index (χ3v) is 4.16. The van der Waals surface area contributed by atoms with Crippen LogP contribution in [0.25, 0.3) is 0 Å². The maximum absolute atomic E-state index is 12.2. The first-order valence-corrected chi connectivity index (χ1v) is 8.03. The second-order valence-electron chi connectivity index (χ2n) is 5.05. The standard InChI is InChI=1S/C13H22N4O2S/c1-2-5-11-14-12(20-16-11)15-13(19)17-8-3-6-10(17)7-4-9-18/h10,18H,2-9H2,1H3,(H,14,15,16,19). The van der Waals surface area contributed by atoms with Crippen molar-refractivity contribution in [1.82, 2.24) is 14.3 Å². The lowest BCUT2D eigenvalue weighted by molar-refractivity contribution is 0.197. The van der Waals surface area contributed by atoms with Gasteiger partial charge in [-0.25, -0.2) is 9.78 Å². The molecule has 0 spiro atoms. The van der Waals surface area contributed by atoms with E-state index in [2.05, 4.69) is 21.6 Å². The number of anilines is 1. The van der Waals surface area contributed by atoms with E-state index in [4.69, 9.17) is 5.11 Å². The van der Waals surface area contributed by atoms with Gasteiger partial charge in [-0.3, -0.25) is 5.32 Å². The second-order valence-corrected chi connectivity index (χ2v) is 5.80. The van der Waals surface area contributed by atoms with Crippen LogP contribution in [-0.2, 0) is 6.42 Å². The number of rotatable bonds is 6. The van der Waals surface area contributed by atoms with Crippen molar-refractivity contribution in [2.24, 2.45) is 0 Å². The Labute approximate surface area is 123 Å². The Hall–Kier alpha value is -1.21. The SMILES string of the molecule is CCCc1nsc(NC(=O)N2CCCC2CCCO)n1. The van der Waals surface area contributed by atoms with Crippen LogP contribution in [0.2, 0.25) is 0 Å². The molecule has 0 aliphatic carbocycles. The fraction of sp³-hybridized carbons (Fsp3) is 0.769. The van der Waals surface area contributed by atoms with Crippen molar-refractivity contribution in [2.75, 3.05) is 18.5 Å². The summed E-state index contributed by atoms with van der Waals surface area (Å²) in [6.07, 6.45) is 5.50. The van der Waals surface area contributed by atoms with Crippen molar-refractivity contribution >= 4 is 22.7 Å². The normalized spacial score (nSPS) is 18.5. The summed E-state index contributed by atoms with van der Waals surface area (Å²) in [6.45, 7) is 3.04. The first-order valence-electron chi connectivity index (χ1n) is 7.25. The minimum absolute atomic E-state index is 0.0929. The van der Waals surface area contributed by atoms with Crippen molar-refractivity contribution in [3.05, 3.63) is 5.82 Å². The fourth-order valence-corrected chi connectivity index (χ4v) is 3.13. The van der Waals surface area contributed by atoms with E-state index in [9.17, 15) is 4.79 Å². The third kappa shape index (κ3) is 3.89. The van der Waals surface area contributed by atoms with E-state index in [1.807, 2.05) is 4.90 Å². The van der Waals surface area contributed by atoms with Gasteiger partial charge in [-0.05, 0) is 32.1 Å². The predicted octanol–water partition coefficient (Wildman–Crippen LogP) is 2.26. The molecule has 7 heteroatoms. The Bertz CT molecular complexity index is 438. The number of carbonyl (C=O) groups excluding carboxylic acids is 1. The molecule has 2 rings (SSSR count). The second kappa shape index (κ2) is 7.54. The van der Waals surface area contributed by atoms with Crippen LogP contribution in [0.4, 0.5) is 9.93 Å². The summed E-state index contributed by atoms with van der Waals surface area (Å²) < 4.78 is 4.22. The third-order valence-electron chi connectivity index (χ3n) is 3.49. The number of urea groups is 1. The average Bonchev–Trinajstić information content (AvgIpc) is 3.06. The van der Waals surface area contributed by atoms with Crippen LogP contribution in [0.1, 0.15) is 44.9 Å². The maximum atomic E-state index is 12.2. The number of amides is 2. The summed E-state index contributed by atoms with van der Waals surface area (Å²) in [5.41, 5.74) is 0. The lowest BCUT2D eigenvalue weighted by Gasteiger charge is -2.24. The number of nitrogens with one attached hydrogen (secondary N) is 1. The van der Waals surface area contributed by atoms with E-state index in [1.165, 1.54) is 11.5 Å². The zero-order valence-electron chi connectivity index (χ0n) is 11.8. The highest BCUT2D eigenvalue weighted by molar-refractivity contribution is 7.09. The molecule has 1 aliphatic heterocycles. The molecule has 2 amide bonds. The van der Waals surface area contributed by atoms with Crippen LogP contribution in [-0.4, -0.2) is 44.6 Å². The summed E-state index contributed by atoms with van der Waals surface area (Å²) in [6, 6.07) is 0.148. The first-order chi connectivity index (χ1) is 9.74. The number of aliphatic hydroxyl groups excluding tert-OH is 1. The van der Waals surface area contributed by atoms with Gasteiger partial charge < -0.3 is 10.0 Å². The zero-order chi connectivity index (χ0) is 14.4. The van der Waals surface area contributed by atoms with Crippen LogP contribution < -0.4 is 5.32 Å². The van der Waals surface area contributed by atoms with Gasteiger partial charge in [0.25, 0.3) is 0 Å². The zero-order valence-corrected chi connectivity index (χ0v) is 12.7. The van der Waals surface area contributed by atoms with Crippen LogP contribution in [0.5, 0.6) is 0 Å². The van der Waals surface area contributed by atoms with Gasteiger partial charge >= 0.3 is 6.03 Å². The molecule has 112 valence electrons. The van der Waals surface area contributed by atoms with Crippen molar-refractivity contribution < 1.29 is 9.90 Å². The molecule has 0 bridgehead atoms. The minimum atomic E-state index is -0.0929. The maximum Gasteiger partial charge on any atom is 0.323 e. The van der Waals surface area contributed by atoms with E-state index >= 15 is 0 Å². The number of likely N-dealkylation sites (tertiary alicyclic amines) is 1. The van der Waals surface area contributed by atoms with E-state index in [1.54, 1.807) is 0 Å². The molecule has 6 nitrogen and oxygen atoms in total. The largest absolute Gasteiger partial charge is 0.396 e. The first kappa shape index (κ1) is 15.2. The van der Waals surface area contributed by atoms with Gasteiger partial charge in [0.15, 0.2) is 0 Å². The average molecular weight is 298 g/mol. The topological polar surface area (TPSA) is 78.4 Å². The molecule has 2 heterocycles. The van der Waals surface area contributed by atoms with Crippen LogP contribution in [0.3, 0.4) is 0 Å². The smallest absolute Gasteiger partial charge is 0.323 e. The van der Waals surface area contributed by atoms with Crippen molar-refractivity contribution in [3.8, 4) is 0 Å². The number of aliphatic hydroxyl groups is 1.